The predicted octanol–water partition coefficient (Wildman–Crippen LogP) is 2.80. The molecule has 0 fully saturated rings. The van der Waals surface area contributed by atoms with Gasteiger partial charge in [-0.25, -0.2) is 0 Å². The molecule has 3 N–H and O–H groups in total. The maximum Gasteiger partial charge on any atom is 0.0806 e. The van der Waals surface area contributed by atoms with Crippen molar-refractivity contribution in [1.29, 1.82) is 0 Å². The standard InChI is InChI=1S/C16H23N3O/c1-4-20-16(11(2)3)15(19-17)13-9-5-7-12-8-6-10-18-14(12)13/h5-11,15-16,19H,4,17H2,1-3H3. The molecule has 2 unspecified atom stereocenters. The first-order valence-corrected chi connectivity index (χ1v) is 7.10. The van der Waals surface area contributed by atoms with Crippen molar-refractivity contribution in [3.8, 4) is 0 Å². The zero-order valence-corrected chi connectivity index (χ0v) is 12.3. The minimum Gasteiger partial charge on any atom is -0.376 e. The molecule has 1 aromatic carbocycles. The normalized spacial score (nSPS) is 14.7. The van der Waals surface area contributed by atoms with E-state index in [-0.39, 0.29) is 12.1 Å². The number of hydrazine groups is 1. The van der Waals surface area contributed by atoms with Gasteiger partial charge < -0.3 is 4.74 Å². The van der Waals surface area contributed by atoms with E-state index < -0.39 is 0 Å². The molecule has 2 atom stereocenters. The van der Waals surface area contributed by atoms with Gasteiger partial charge in [0.1, 0.15) is 0 Å². The zero-order chi connectivity index (χ0) is 14.5. The molecule has 20 heavy (non-hydrogen) atoms. The van der Waals surface area contributed by atoms with Crippen molar-refractivity contribution in [2.24, 2.45) is 11.8 Å². The largest absolute Gasteiger partial charge is 0.376 e. The van der Waals surface area contributed by atoms with E-state index in [0.717, 1.165) is 16.5 Å². The summed E-state index contributed by atoms with van der Waals surface area (Å²) in [5.41, 5.74) is 4.97. The van der Waals surface area contributed by atoms with Gasteiger partial charge in [-0.15, -0.1) is 0 Å². The second-order valence-corrected chi connectivity index (χ2v) is 5.23. The Bertz CT molecular complexity index is 551. The van der Waals surface area contributed by atoms with Crippen LogP contribution in [0.4, 0.5) is 0 Å². The van der Waals surface area contributed by atoms with E-state index >= 15 is 0 Å². The van der Waals surface area contributed by atoms with Crippen LogP contribution in [0.1, 0.15) is 32.4 Å². The molecular weight excluding hydrogens is 250 g/mol. The third-order valence-corrected chi connectivity index (χ3v) is 3.52. The number of pyridine rings is 1. The average Bonchev–Trinajstić information content (AvgIpc) is 2.47. The third kappa shape index (κ3) is 2.98. The van der Waals surface area contributed by atoms with Gasteiger partial charge >= 0.3 is 0 Å². The number of rotatable bonds is 6. The Hall–Kier alpha value is -1.49. The second kappa shape index (κ2) is 6.79. The van der Waals surface area contributed by atoms with Crippen molar-refractivity contribution in [2.75, 3.05) is 6.61 Å². The first kappa shape index (κ1) is 14.9. The maximum absolute atomic E-state index is 5.89. The molecule has 4 heteroatoms. The number of para-hydroxylation sites is 1. The summed E-state index contributed by atoms with van der Waals surface area (Å²) in [6.45, 7) is 6.95. The Balaban J connectivity index is 2.48. The van der Waals surface area contributed by atoms with E-state index in [1.165, 1.54) is 0 Å². The first-order valence-electron chi connectivity index (χ1n) is 7.10. The summed E-state index contributed by atoms with van der Waals surface area (Å²) in [6, 6.07) is 10.1. The lowest BCUT2D eigenvalue weighted by Gasteiger charge is -2.30. The fraction of sp³-hybridized carbons (Fsp3) is 0.438. The Morgan fingerprint density at radius 3 is 2.65 bits per heavy atom. The molecule has 1 aromatic heterocycles. The summed E-state index contributed by atoms with van der Waals surface area (Å²) < 4.78 is 5.89. The van der Waals surface area contributed by atoms with Crippen LogP contribution in [-0.4, -0.2) is 17.7 Å². The molecule has 2 rings (SSSR count). The zero-order valence-electron chi connectivity index (χ0n) is 12.3. The topological polar surface area (TPSA) is 60.2 Å². The summed E-state index contributed by atoms with van der Waals surface area (Å²) >= 11 is 0. The van der Waals surface area contributed by atoms with E-state index in [0.29, 0.717) is 12.5 Å². The lowest BCUT2D eigenvalue weighted by atomic mass is 9.92. The quantitative estimate of drug-likeness (QED) is 0.627. The average molecular weight is 273 g/mol. The van der Waals surface area contributed by atoms with Crippen LogP contribution < -0.4 is 11.3 Å². The van der Waals surface area contributed by atoms with Crippen molar-refractivity contribution in [3.63, 3.8) is 0 Å². The number of hydrogen-bond acceptors (Lipinski definition) is 4. The maximum atomic E-state index is 5.89. The van der Waals surface area contributed by atoms with Gasteiger partial charge in [-0.3, -0.25) is 16.3 Å². The number of nitrogens with two attached hydrogens (primary N) is 1. The van der Waals surface area contributed by atoms with E-state index in [2.05, 4.69) is 42.5 Å². The third-order valence-electron chi connectivity index (χ3n) is 3.52. The summed E-state index contributed by atoms with van der Waals surface area (Å²) in [7, 11) is 0. The molecule has 2 aromatic rings. The summed E-state index contributed by atoms with van der Waals surface area (Å²) in [5, 5.41) is 1.12. The first-order chi connectivity index (χ1) is 9.69. The highest BCUT2D eigenvalue weighted by molar-refractivity contribution is 5.82. The molecule has 0 saturated heterocycles. The van der Waals surface area contributed by atoms with Crippen LogP contribution in [0.3, 0.4) is 0 Å². The number of nitrogens with zero attached hydrogens (tertiary/aromatic N) is 1. The lowest BCUT2D eigenvalue weighted by molar-refractivity contribution is 0.00307. The van der Waals surface area contributed by atoms with E-state index in [1.54, 1.807) is 0 Å². The SMILES string of the molecule is CCOC(C(C)C)C(NN)c1cccc2cccnc12. The molecule has 4 nitrogen and oxygen atoms in total. The Morgan fingerprint density at radius 2 is 2.00 bits per heavy atom. The van der Waals surface area contributed by atoms with Gasteiger partial charge in [0.25, 0.3) is 0 Å². The monoisotopic (exact) mass is 273 g/mol. The van der Waals surface area contributed by atoms with Crippen molar-refractivity contribution in [3.05, 3.63) is 42.1 Å². The van der Waals surface area contributed by atoms with E-state index in [4.69, 9.17) is 10.6 Å². The van der Waals surface area contributed by atoms with Crippen molar-refractivity contribution < 1.29 is 4.74 Å². The Labute approximate surface area is 120 Å². The van der Waals surface area contributed by atoms with Gasteiger partial charge in [-0.2, -0.15) is 0 Å². The molecule has 0 aliphatic carbocycles. The van der Waals surface area contributed by atoms with Crippen LogP contribution in [-0.2, 0) is 4.74 Å². The molecule has 0 radical (unpaired) electrons. The fourth-order valence-corrected chi connectivity index (χ4v) is 2.61. The summed E-state index contributed by atoms with van der Waals surface area (Å²) in [6.07, 6.45) is 1.82. The summed E-state index contributed by atoms with van der Waals surface area (Å²) in [5.74, 6) is 6.16. The van der Waals surface area contributed by atoms with Crippen LogP contribution in [0.15, 0.2) is 36.5 Å². The molecule has 0 bridgehead atoms. The molecular formula is C16H23N3O. The summed E-state index contributed by atoms with van der Waals surface area (Å²) in [4.78, 5) is 4.50. The molecule has 0 spiro atoms. The van der Waals surface area contributed by atoms with Gasteiger partial charge in [0.2, 0.25) is 0 Å². The second-order valence-electron chi connectivity index (χ2n) is 5.23. The van der Waals surface area contributed by atoms with Gasteiger partial charge in [-0.1, -0.05) is 38.1 Å². The molecule has 0 amide bonds. The van der Waals surface area contributed by atoms with Gasteiger partial charge in [0.05, 0.1) is 17.7 Å². The number of benzene rings is 1. The highest BCUT2D eigenvalue weighted by Gasteiger charge is 2.27. The van der Waals surface area contributed by atoms with Crippen LogP contribution in [0, 0.1) is 5.92 Å². The Kier molecular flexibility index (Phi) is 5.06. The molecule has 108 valence electrons. The van der Waals surface area contributed by atoms with Crippen molar-refractivity contribution >= 4 is 10.9 Å². The minimum atomic E-state index is -0.0754. The van der Waals surface area contributed by atoms with Crippen molar-refractivity contribution in [2.45, 2.75) is 32.9 Å². The van der Waals surface area contributed by atoms with Crippen LogP contribution >= 0.6 is 0 Å². The van der Waals surface area contributed by atoms with Crippen LogP contribution in [0.25, 0.3) is 10.9 Å². The van der Waals surface area contributed by atoms with Gasteiger partial charge in [0, 0.05) is 18.2 Å². The highest BCUT2D eigenvalue weighted by atomic mass is 16.5. The van der Waals surface area contributed by atoms with E-state index in [9.17, 15) is 0 Å². The van der Waals surface area contributed by atoms with Crippen LogP contribution in [0.5, 0.6) is 0 Å². The molecule has 1 heterocycles. The van der Waals surface area contributed by atoms with E-state index in [1.807, 2.05) is 25.3 Å². The number of fused-ring (bicyclic) bond motifs is 1. The van der Waals surface area contributed by atoms with Crippen molar-refractivity contribution in [1.82, 2.24) is 10.4 Å². The number of nitrogens with one attached hydrogen (secondary N) is 1. The number of hydrogen-bond donors (Lipinski definition) is 2. The van der Waals surface area contributed by atoms with Crippen LogP contribution in [0.2, 0.25) is 0 Å². The fourth-order valence-electron chi connectivity index (χ4n) is 2.61. The lowest BCUT2D eigenvalue weighted by Crippen LogP contribution is -2.41. The molecule has 0 saturated carbocycles. The molecule has 0 aliphatic heterocycles. The van der Waals surface area contributed by atoms with Gasteiger partial charge in [-0.05, 0) is 24.5 Å². The minimum absolute atomic E-state index is 0.0117. The number of ether oxygens (including phenoxy) is 1. The predicted molar refractivity (Wildman–Crippen MR) is 82.1 cm³/mol. The Morgan fingerprint density at radius 1 is 1.25 bits per heavy atom. The smallest absolute Gasteiger partial charge is 0.0806 e. The number of aromatic nitrogens is 1. The molecule has 0 aliphatic rings. The highest BCUT2D eigenvalue weighted by Crippen LogP contribution is 2.28. The van der Waals surface area contributed by atoms with Gasteiger partial charge in [0.15, 0.2) is 0 Å².